The molecule has 82 valence electrons. The molecule has 0 radical (unpaired) electrons. The second-order valence-corrected chi connectivity index (χ2v) is 5.45. The third kappa shape index (κ3) is 1.60. The monoisotopic (exact) mass is 223 g/mol. The molecule has 1 aromatic heterocycles. The van der Waals surface area contributed by atoms with Gasteiger partial charge >= 0.3 is 0 Å². The first-order valence-electron chi connectivity index (χ1n) is 5.77. The van der Waals surface area contributed by atoms with Crippen molar-refractivity contribution in [2.24, 2.45) is 0 Å². The lowest BCUT2D eigenvalue weighted by Gasteiger charge is -2.24. The molecule has 3 heterocycles. The zero-order chi connectivity index (χ0) is 10.3. The molecule has 3 nitrogen and oxygen atoms in total. The van der Waals surface area contributed by atoms with Crippen molar-refractivity contribution in [3.8, 4) is 0 Å². The van der Waals surface area contributed by atoms with Crippen LogP contribution in [-0.4, -0.2) is 28.4 Å². The number of nitrogens with zero attached hydrogens (tertiary/aromatic N) is 2. The van der Waals surface area contributed by atoms with Crippen LogP contribution in [0.4, 0.5) is 0 Å². The van der Waals surface area contributed by atoms with Crippen molar-refractivity contribution in [1.82, 2.24) is 14.9 Å². The minimum absolute atomic E-state index is 0.742. The second-order valence-electron chi connectivity index (χ2n) is 4.39. The van der Waals surface area contributed by atoms with Gasteiger partial charge in [-0.2, -0.15) is 0 Å². The molecule has 0 bridgehead atoms. The van der Waals surface area contributed by atoms with Crippen LogP contribution in [-0.2, 0) is 6.54 Å². The summed E-state index contributed by atoms with van der Waals surface area (Å²) in [4.78, 5) is 4.67. The normalized spacial score (nSPS) is 21.9. The van der Waals surface area contributed by atoms with E-state index in [1.807, 2.05) is 11.8 Å². The van der Waals surface area contributed by atoms with E-state index in [4.69, 9.17) is 0 Å². The van der Waals surface area contributed by atoms with Crippen molar-refractivity contribution in [3.63, 3.8) is 0 Å². The van der Waals surface area contributed by atoms with Crippen LogP contribution >= 0.6 is 11.8 Å². The van der Waals surface area contributed by atoms with Gasteiger partial charge in [0.15, 0.2) is 5.16 Å². The van der Waals surface area contributed by atoms with Crippen LogP contribution in [0.3, 0.4) is 0 Å². The molecule has 0 aromatic carbocycles. The lowest BCUT2D eigenvalue weighted by molar-refractivity contribution is 0.437. The zero-order valence-corrected chi connectivity index (χ0v) is 9.94. The Morgan fingerprint density at radius 2 is 2.20 bits per heavy atom. The molecule has 0 spiro atoms. The van der Waals surface area contributed by atoms with Crippen LogP contribution in [0.1, 0.15) is 30.1 Å². The van der Waals surface area contributed by atoms with E-state index >= 15 is 0 Å². The highest BCUT2D eigenvalue weighted by atomic mass is 32.2. The fourth-order valence-electron chi connectivity index (χ4n) is 2.73. The molecule has 1 fully saturated rings. The number of hydrogen-bond acceptors (Lipinski definition) is 3. The standard InChI is InChI=1S/C11H17N3S/c1-8-10(9-2-4-12-5-3-9)14-6-7-15-11(14)13-8/h9,12H,2-7H2,1H3. The Hall–Kier alpha value is -0.480. The van der Waals surface area contributed by atoms with Crippen LogP contribution < -0.4 is 5.32 Å². The summed E-state index contributed by atoms with van der Waals surface area (Å²) in [6.07, 6.45) is 2.55. The number of aryl methyl sites for hydroxylation is 1. The van der Waals surface area contributed by atoms with E-state index < -0.39 is 0 Å². The molecule has 3 rings (SSSR count). The van der Waals surface area contributed by atoms with Crippen molar-refractivity contribution in [3.05, 3.63) is 11.4 Å². The topological polar surface area (TPSA) is 29.9 Å². The maximum absolute atomic E-state index is 4.67. The lowest BCUT2D eigenvalue weighted by atomic mass is 9.93. The minimum atomic E-state index is 0.742. The highest BCUT2D eigenvalue weighted by Gasteiger charge is 2.26. The van der Waals surface area contributed by atoms with E-state index in [1.165, 1.54) is 41.7 Å². The van der Waals surface area contributed by atoms with Crippen LogP contribution in [0, 0.1) is 6.92 Å². The number of imidazole rings is 1. The molecule has 1 N–H and O–H groups in total. The number of hydrogen-bond donors (Lipinski definition) is 1. The van der Waals surface area contributed by atoms with Gasteiger partial charge in [-0.25, -0.2) is 4.98 Å². The molecule has 1 aromatic rings. The molecule has 0 amide bonds. The van der Waals surface area contributed by atoms with Gasteiger partial charge in [0.05, 0.1) is 5.69 Å². The molecular weight excluding hydrogens is 206 g/mol. The van der Waals surface area contributed by atoms with E-state index in [2.05, 4.69) is 21.8 Å². The summed E-state index contributed by atoms with van der Waals surface area (Å²) >= 11 is 1.90. The van der Waals surface area contributed by atoms with Gasteiger partial charge in [-0.05, 0) is 32.9 Å². The van der Waals surface area contributed by atoms with Crippen LogP contribution in [0.25, 0.3) is 0 Å². The molecule has 0 aliphatic carbocycles. The largest absolute Gasteiger partial charge is 0.322 e. The summed E-state index contributed by atoms with van der Waals surface area (Å²) < 4.78 is 2.45. The Kier molecular flexibility index (Phi) is 2.48. The van der Waals surface area contributed by atoms with E-state index in [0.717, 1.165) is 19.0 Å². The van der Waals surface area contributed by atoms with E-state index in [9.17, 15) is 0 Å². The highest BCUT2D eigenvalue weighted by molar-refractivity contribution is 7.99. The van der Waals surface area contributed by atoms with Gasteiger partial charge in [0.1, 0.15) is 0 Å². The maximum Gasteiger partial charge on any atom is 0.168 e. The van der Waals surface area contributed by atoms with Gasteiger partial charge < -0.3 is 9.88 Å². The Bertz CT molecular complexity index is 366. The summed E-state index contributed by atoms with van der Waals surface area (Å²) in [6, 6.07) is 0. The fourth-order valence-corrected chi connectivity index (χ4v) is 3.73. The van der Waals surface area contributed by atoms with E-state index in [1.54, 1.807) is 0 Å². The lowest BCUT2D eigenvalue weighted by Crippen LogP contribution is -2.28. The highest BCUT2D eigenvalue weighted by Crippen LogP contribution is 2.34. The van der Waals surface area contributed by atoms with Crippen LogP contribution in [0.15, 0.2) is 5.16 Å². The van der Waals surface area contributed by atoms with Crippen LogP contribution in [0.2, 0.25) is 0 Å². The molecule has 15 heavy (non-hydrogen) atoms. The van der Waals surface area contributed by atoms with E-state index in [0.29, 0.717) is 0 Å². The number of piperidine rings is 1. The van der Waals surface area contributed by atoms with Crippen molar-refractivity contribution < 1.29 is 0 Å². The SMILES string of the molecule is Cc1nc2n(c1C1CCNCC1)CCS2. The molecule has 4 heteroatoms. The minimum Gasteiger partial charge on any atom is -0.322 e. The van der Waals surface area contributed by atoms with Crippen molar-refractivity contribution in [1.29, 1.82) is 0 Å². The first-order chi connectivity index (χ1) is 7.36. The van der Waals surface area contributed by atoms with Crippen LogP contribution in [0.5, 0.6) is 0 Å². The molecule has 0 saturated carbocycles. The fraction of sp³-hybridized carbons (Fsp3) is 0.727. The smallest absolute Gasteiger partial charge is 0.168 e. The van der Waals surface area contributed by atoms with E-state index in [-0.39, 0.29) is 0 Å². The van der Waals surface area contributed by atoms with Gasteiger partial charge in [-0.1, -0.05) is 11.8 Å². The van der Waals surface area contributed by atoms with Crippen molar-refractivity contribution in [2.45, 2.75) is 37.4 Å². The first-order valence-corrected chi connectivity index (χ1v) is 6.75. The number of fused-ring (bicyclic) bond motifs is 1. The predicted octanol–water partition coefficient (Wildman–Crippen LogP) is 1.76. The molecular formula is C11H17N3S. The van der Waals surface area contributed by atoms with Gasteiger partial charge in [-0.3, -0.25) is 0 Å². The molecule has 0 atom stereocenters. The Balaban J connectivity index is 1.95. The number of rotatable bonds is 1. The zero-order valence-electron chi connectivity index (χ0n) is 9.12. The number of aromatic nitrogens is 2. The predicted molar refractivity (Wildman–Crippen MR) is 62.5 cm³/mol. The van der Waals surface area contributed by atoms with Gasteiger partial charge in [-0.15, -0.1) is 0 Å². The molecule has 1 saturated heterocycles. The van der Waals surface area contributed by atoms with Crippen molar-refractivity contribution >= 4 is 11.8 Å². The summed E-state index contributed by atoms with van der Waals surface area (Å²) in [5.41, 5.74) is 2.79. The Morgan fingerprint density at radius 3 is 3.00 bits per heavy atom. The Labute approximate surface area is 94.7 Å². The van der Waals surface area contributed by atoms with Gasteiger partial charge in [0, 0.05) is 23.9 Å². The van der Waals surface area contributed by atoms with Gasteiger partial charge in [0.25, 0.3) is 0 Å². The summed E-state index contributed by atoms with van der Waals surface area (Å²) in [5, 5.41) is 4.68. The Morgan fingerprint density at radius 1 is 1.40 bits per heavy atom. The number of thioether (sulfide) groups is 1. The molecule has 2 aliphatic rings. The molecule has 2 aliphatic heterocycles. The average molecular weight is 223 g/mol. The first kappa shape index (κ1) is 9.73. The maximum atomic E-state index is 4.67. The third-order valence-corrected chi connectivity index (χ3v) is 4.38. The summed E-state index contributed by atoms with van der Waals surface area (Å²) in [6.45, 7) is 5.67. The second kappa shape index (κ2) is 3.83. The number of nitrogens with one attached hydrogen (secondary N) is 1. The average Bonchev–Trinajstić information content (AvgIpc) is 2.78. The van der Waals surface area contributed by atoms with Crippen molar-refractivity contribution in [2.75, 3.05) is 18.8 Å². The quantitative estimate of drug-likeness (QED) is 0.787. The third-order valence-electron chi connectivity index (χ3n) is 3.43. The molecule has 0 unspecified atom stereocenters. The summed E-state index contributed by atoms with van der Waals surface area (Å²) in [5.74, 6) is 1.95. The summed E-state index contributed by atoms with van der Waals surface area (Å²) in [7, 11) is 0. The van der Waals surface area contributed by atoms with Gasteiger partial charge in [0.2, 0.25) is 0 Å².